The number of fused-ring (bicyclic) bond motifs is 1. The summed E-state index contributed by atoms with van der Waals surface area (Å²) in [4.78, 5) is 29.5. The number of halogens is 1. The molecule has 174 valence electrons. The monoisotopic (exact) mass is 473 g/mol. The average Bonchev–Trinajstić information content (AvgIpc) is 3.34. The second-order valence-electron chi connectivity index (χ2n) is 8.02. The number of ether oxygens (including phenoxy) is 1. The topological polar surface area (TPSA) is 135 Å². The van der Waals surface area contributed by atoms with Gasteiger partial charge >= 0.3 is 6.09 Å². The summed E-state index contributed by atoms with van der Waals surface area (Å²) in [5, 5.41) is 34.1. The van der Waals surface area contributed by atoms with E-state index in [2.05, 4.69) is 10.3 Å². The lowest BCUT2D eigenvalue weighted by Crippen LogP contribution is -2.53. The molecule has 0 radical (unpaired) electrons. The molecule has 4 atom stereocenters. The van der Waals surface area contributed by atoms with Crippen LogP contribution >= 0.6 is 11.6 Å². The number of aliphatic hydroxyl groups is 3. The zero-order chi connectivity index (χ0) is 23.5. The van der Waals surface area contributed by atoms with Crippen LogP contribution in [0.2, 0.25) is 5.02 Å². The maximum atomic E-state index is 12.8. The Morgan fingerprint density at radius 2 is 1.82 bits per heavy atom. The largest absolute Gasteiger partial charge is 0.414 e. The van der Waals surface area contributed by atoms with Gasteiger partial charge in [0.2, 0.25) is 5.88 Å². The van der Waals surface area contributed by atoms with E-state index in [1.165, 1.54) is 4.90 Å². The van der Waals surface area contributed by atoms with Gasteiger partial charge in [-0.05, 0) is 30.2 Å². The molecular formula is C23H24ClN3O6. The van der Waals surface area contributed by atoms with Gasteiger partial charge in [-0.3, -0.25) is 4.79 Å². The molecule has 1 aliphatic rings. The molecule has 1 fully saturated rings. The third-order valence-corrected chi connectivity index (χ3v) is 5.80. The van der Waals surface area contributed by atoms with E-state index in [0.717, 1.165) is 16.5 Å². The third-order valence-electron chi connectivity index (χ3n) is 5.57. The summed E-state index contributed by atoms with van der Waals surface area (Å²) in [5.74, 6) is -0.526. The van der Waals surface area contributed by atoms with Crippen LogP contribution in [0.4, 0.5) is 4.79 Å². The first kappa shape index (κ1) is 23.1. The van der Waals surface area contributed by atoms with Crippen LogP contribution in [0.15, 0.2) is 54.6 Å². The van der Waals surface area contributed by atoms with Gasteiger partial charge in [-0.15, -0.1) is 0 Å². The second-order valence-corrected chi connectivity index (χ2v) is 8.45. The van der Waals surface area contributed by atoms with Crippen molar-refractivity contribution in [1.29, 1.82) is 0 Å². The maximum Gasteiger partial charge on any atom is 0.414 e. The highest BCUT2D eigenvalue weighted by atomic mass is 35.5. The predicted molar refractivity (Wildman–Crippen MR) is 121 cm³/mol. The molecule has 2 heterocycles. The third kappa shape index (κ3) is 5.45. The first-order valence-corrected chi connectivity index (χ1v) is 10.8. The molecule has 33 heavy (non-hydrogen) atoms. The fraction of sp³-hybridized carbons (Fsp3) is 0.304. The summed E-state index contributed by atoms with van der Waals surface area (Å²) in [6.07, 6.45) is -4.48. The van der Waals surface area contributed by atoms with Gasteiger partial charge < -0.3 is 35.3 Å². The van der Waals surface area contributed by atoms with Crippen molar-refractivity contribution >= 4 is 34.5 Å². The smallest absolute Gasteiger partial charge is 0.393 e. The molecule has 2 aromatic carbocycles. The molecular weight excluding hydrogens is 450 g/mol. The number of hydrogen-bond donors (Lipinski definition) is 5. The number of carbonyl (C=O) groups excluding carboxylic acids is 2. The number of amides is 2. The van der Waals surface area contributed by atoms with Crippen LogP contribution in [0.3, 0.4) is 0 Å². The zero-order valence-corrected chi connectivity index (χ0v) is 18.3. The SMILES string of the molecule is O=C(N[C@@H](Cc1ccccc1)[C@@H](O)C(=O)N1C[C@@H](O)[C@@H](O)C1)Oc1cc2cc(Cl)ccc2[nH]1. The molecule has 9 nitrogen and oxygen atoms in total. The van der Waals surface area contributed by atoms with E-state index in [1.54, 1.807) is 24.3 Å². The maximum absolute atomic E-state index is 12.8. The molecule has 1 aromatic heterocycles. The Morgan fingerprint density at radius 1 is 1.12 bits per heavy atom. The fourth-order valence-electron chi connectivity index (χ4n) is 3.83. The number of carbonyl (C=O) groups is 2. The lowest BCUT2D eigenvalue weighted by Gasteiger charge is -2.26. The highest BCUT2D eigenvalue weighted by Gasteiger charge is 2.38. The Balaban J connectivity index is 1.48. The molecule has 0 saturated carbocycles. The number of hydrogen-bond acceptors (Lipinski definition) is 6. The number of benzene rings is 2. The Morgan fingerprint density at radius 3 is 2.52 bits per heavy atom. The summed E-state index contributed by atoms with van der Waals surface area (Å²) in [6.45, 7) is -0.200. The molecule has 4 rings (SSSR count). The first-order chi connectivity index (χ1) is 15.8. The van der Waals surface area contributed by atoms with Crippen LogP contribution in [-0.4, -0.2) is 74.6 Å². The standard InChI is InChI=1S/C23H24ClN3O6/c24-15-6-7-16-14(9-15)10-20(25-16)33-23(32)26-17(8-13-4-2-1-3-5-13)21(30)22(31)27-11-18(28)19(29)12-27/h1-7,9-10,17-19,21,25,28-30H,8,11-12H2,(H,26,32)/t17-,18-,19+,21+/m0/s1. The van der Waals surface area contributed by atoms with Gasteiger partial charge in [0, 0.05) is 35.1 Å². The normalized spacial score (nSPS) is 19.9. The van der Waals surface area contributed by atoms with E-state index in [-0.39, 0.29) is 25.4 Å². The summed E-state index contributed by atoms with van der Waals surface area (Å²) < 4.78 is 5.33. The van der Waals surface area contributed by atoms with Crippen molar-refractivity contribution in [3.05, 3.63) is 65.2 Å². The number of H-pyrrole nitrogens is 1. The van der Waals surface area contributed by atoms with E-state index in [9.17, 15) is 24.9 Å². The number of nitrogens with zero attached hydrogens (tertiary/aromatic N) is 1. The van der Waals surface area contributed by atoms with Crippen LogP contribution in [0, 0.1) is 0 Å². The summed E-state index contributed by atoms with van der Waals surface area (Å²) in [5.41, 5.74) is 1.51. The van der Waals surface area contributed by atoms with Gasteiger partial charge in [0.05, 0.1) is 18.2 Å². The number of aromatic amines is 1. The number of rotatable bonds is 6. The van der Waals surface area contributed by atoms with Crippen LogP contribution < -0.4 is 10.1 Å². The van der Waals surface area contributed by atoms with Gasteiger partial charge in [0.1, 0.15) is 0 Å². The summed E-state index contributed by atoms with van der Waals surface area (Å²) >= 11 is 5.99. The molecule has 2 amide bonds. The van der Waals surface area contributed by atoms with Crippen molar-refractivity contribution < 1.29 is 29.6 Å². The molecule has 5 N–H and O–H groups in total. The van der Waals surface area contributed by atoms with Crippen molar-refractivity contribution in [3.8, 4) is 5.88 Å². The molecule has 0 bridgehead atoms. The molecule has 10 heteroatoms. The minimum Gasteiger partial charge on any atom is -0.393 e. The van der Waals surface area contributed by atoms with Gasteiger partial charge in [-0.2, -0.15) is 0 Å². The number of β-amino-alcohol motifs (C(OH)–C–C–N with tert-alkyl or cyclic N) is 2. The second kappa shape index (κ2) is 9.80. The Kier molecular flexibility index (Phi) is 6.85. The van der Waals surface area contributed by atoms with Gasteiger partial charge in [0.15, 0.2) is 6.10 Å². The average molecular weight is 474 g/mol. The van der Waals surface area contributed by atoms with Gasteiger partial charge in [-0.1, -0.05) is 41.9 Å². The number of likely N-dealkylation sites (tertiary alicyclic amines) is 1. The number of aliphatic hydroxyl groups excluding tert-OH is 3. The lowest BCUT2D eigenvalue weighted by molar-refractivity contribution is -0.141. The van der Waals surface area contributed by atoms with Crippen molar-refractivity contribution in [2.75, 3.05) is 13.1 Å². The van der Waals surface area contributed by atoms with E-state index < -0.39 is 36.4 Å². The fourth-order valence-corrected chi connectivity index (χ4v) is 4.01. The molecule has 3 aromatic rings. The highest BCUT2D eigenvalue weighted by Crippen LogP contribution is 2.24. The first-order valence-electron chi connectivity index (χ1n) is 10.4. The van der Waals surface area contributed by atoms with Crippen LogP contribution in [-0.2, 0) is 11.2 Å². The van der Waals surface area contributed by atoms with E-state index in [1.807, 2.05) is 30.3 Å². The van der Waals surface area contributed by atoms with Crippen LogP contribution in [0.1, 0.15) is 5.56 Å². The van der Waals surface area contributed by atoms with Gasteiger partial charge in [0.25, 0.3) is 5.91 Å². The lowest BCUT2D eigenvalue weighted by atomic mass is 10.0. The molecule has 0 aliphatic carbocycles. The van der Waals surface area contributed by atoms with Crippen molar-refractivity contribution in [1.82, 2.24) is 15.2 Å². The quantitative estimate of drug-likeness (QED) is 0.368. The van der Waals surface area contributed by atoms with E-state index in [4.69, 9.17) is 16.3 Å². The highest BCUT2D eigenvalue weighted by molar-refractivity contribution is 6.31. The van der Waals surface area contributed by atoms with Crippen molar-refractivity contribution in [2.45, 2.75) is 30.8 Å². The van der Waals surface area contributed by atoms with Crippen LogP contribution in [0.25, 0.3) is 10.9 Å². The minimum absolute atomic E-state index is 0.100. The molecule has 1 aliphatic heterocycles. The molecule has 1 saturated heterocycles. The number of aromatic nitrogens is 1. The zero-order valence-electron chi connectivity index (χ0n) is 17.5. The van der Waals surface area contributed by atoms with Crippen LogP contribution in [0.5, 0.6) is 5.88 Å². The van der Waals surface area contributed by atoms with E-state index in [0.29, 0.717) is 5.02 Å². The molecule has 0 spiro atoms. The predicted octanol–water partition coefficient (Wildman–Crippen LogP) is 1.45. The van der Waals surface area contributed by atoms with Crippen molar-refractivity contribution in [2.24, 2.45) is 0 Å². The Labute approximate surface area is 194 Å². The summed E-state index contributed by atoms with van der Waals surface area (Å²) in [7, 11) is 0. The van der Waals surface area contributed by atoms with Crippen molar-refractivity contribution in [3.63, 3.8) is 0 Å². The Bertz CT molecular complexity index is 1130. The minimum atomic E-state index is -1.61. The summed E-state index contributed by atoms with van der Waals surface area (Å²) in [6, 6.07) is 14.8. The Hall–Kier alpha value is -3.11. The van der Waals surface area contributed by atoms with Gasteiger partial charge in [-0.25, -0.2) is 4.79 Å². The van der Waals surface area contributed by atoms with E-state index >= 15 is 0 Å². The molecule has 0 unspecified atom stereocenters. The number of nitrogens with one attached hydrogen (secondary N) is 2.